The average molecular weight is 1600 g/mol. The van der Waals surface area contributed by atoms with E-state index in [9.17, 15) is 26.3 Å². The summed E-state index contributed by atoms with van der Waals surface area (Å²) < 4.78 is 88.2. The van der Waals surface area contributed by atoms with Crippen LogP contribution in [0.25, 0.3) is 67.5 Å². The van der Waals surface area contributed by atoms with Crippen LogP contribution in [0.1, 0.15) is 52.2 Å². The minimum absolute atomic E-state index is 0.217. The molecule has 0 saturated heterocycles. The van der Waals surface area contributed by atoms with E-state index < -0.39 is 12.7 Å². The fourth-order valence-corrected chi connectivity index (χ4v) is 18.2. The molecule has 0 unspecified atom stereocenters. The lowest BCUT2D eigenvalue weighted by molar-refractivity contribution is -0.275. The number of halogens is 9. The van der Waals surface area contributed by atoms with Crippen LogP contribution in [0.2, 0.25) is 10.0 Å². The van der Waals surface area contributed by atoms with E-state index in [-0.39, 0.29) is 17.2 Å². The van der Waals surface area contributed by atoms with Gasteiger partial charge in [-0.05, 0) is 136 Å². The van der Waals surface area contributed by atoms with Crippen molar-refractivity contribution >= 4 is 142 Å². The van der Waals surface area contributed by atoms with Crippen molar-refractivity contribution in [3.63, 3.8) is 0 Å². The highest BCUT2D eigenvalue weighted by Gasteiger charge is 2.35. The topological polar surface area (TPSA) is 219 Å². The molecule has 5 aliphatic carbocycles. The maximum atomic E-state index is 12.5. The molecule has 9 N–H and O–H groups in total. The number of fused-ring (bicyclic) bond motifs is 15. The number of hydrogen-bond donors (Lipinski definition) is 9. The zero-order valence-electron chi connectivity index (χ0n) is 53.7. The zero-order chi connectivity index (χ0) is 71.4. The molecule has 0 aliphatic heterocycles. The van der Waals surface area contributed by atoms with Crippen molar-refractivity contribution in [2.75, 3.05) is 28.4 Å². The van der Waals surface area contributed by atoms with E-state index in [1.807, 2.05) is 76.7 Å². The summed E-state index contributed by atoms with van der Waals surface area (Å²) in [6.45, 7) is 0. The van der Waals surface area contributed by atoms with Crippen molar-refractivity contribution in [2.24, 2.45) is 0 Å². The van der Waals surface area contributed by atoms with Crippen molar-refractivity contribution < 1.29 is 40.6 Å². The summed E-state index contributed by atoms with van der Waals surface area (Å²) in [5, 5.41) is 61.4. The molecule has 0 amide bonds. The standard InChI is InChI=1S/2C15H10F3N3OS.C15H13N3OS.C14H9BrN2S.C14H9Cl2N3S/c16-15(17,18)22-9-3-1-8(2-4-9)19-14-11-7-12-10(5-6-23-12)13(11)20-21-14;16-15(17,18)22-11-4-2-1-3-10(11)19-14-9-7-12-8(5-6-23-12)13(9)20-21-14;1-19-12-5-3-2-4-11(12)16-15-10-8-13-9(6-7-20-13)14(10)17-18-15;15-9-3-1-2-8(6-9)13-11-7-12-10(4-5-18-12)14(11)17-16-13;15-7-3-8(16)5-9(4-7)17-14-11-6-12-10(1-2-20-12)13(11)18-19-14/h2*1-6H,7H2,(H2,19,20,21);2-7H,8H2,1H3,(H2,16,17,18);1-6H,7H2,(H,16,17);1-5H,6H2,(H2,17,18,19). The van der Waals surface area contributed by atoms with Gasteiger partial charge >= 0.3 is 12.7 Å². The molecule has 0 fully saturated rings. The first kappa shape index (κ1) is 68.3. The van der Waals surface area contributed by atoms with E-state index in [0.29, 0.717) is 33.8 Å². The Morgan fingerprint density at radius 3 is 1.22 bits per heavy atom. The molecule has 104 heavy (non-hydrogen) atoms. The molecule has 31 heteroatoms. The summed E-state index contributed by atoms with van der Waals surface area (Å²) >= 11 is 24.3. The Morgan fingerprint density at radius 1 is 0.404 bits per heavy atom. The molecule has 0 bridgehead atoms. The second-order valence-electron chi connectivity index (χ2n) is 23.8. The van der Waals surface area contributed by atoms with Crippen molar-refractivity contribution in [2.45, 2.75) is 44.8 Å². The van der Waals surface area contributed by atoms with Gasteiger partial charge in [-0.2, -0.15) is 25.5 Å². The third kappa shape index (κ3) is 14.2. The molecular weight excluding hydrogens is 1550 g/mol. The van der Waals surface area contributed by atoms with Crippen molar-refractivity contribution in [1.82, 2.24) is 51.0 Å². The number of nitrogens with one attached hydrogen (secondary N) is 9. The van der Waals surface area contributed by atoms with E-state index in [4.69, 9.17) is 27.9 Å². The van der Waals surface area contributed by atoms with Crippen LogP contribution in [0.5, 0.6) is 17.2 Å². The van der Waals surface area contributed by atoms with Crippen LogP contribution in [-0.4, -0.2) is 70.8 Å². The Bertz CT molecular complexity index is 5630. The molecule has 5 aliphatic rings. The number of alkyl halides is 6. The van der Waals surface area contributed by atoms with Gasteiger partial charge in [-0.3, -0.25) is 25.5 Å². The normalized spacial score (nSPS) is 12.5. The summed E-state index contributed by atoms with van der Waals surface area (Å²) in [5.74, 6) is 3.20. The number of rotatable bonds is 12. The third-order valence-electron chi connectivity index (χ3n) is 17.4. The second-order valence-corrected chi connectivity index (χ2v) is 30.6. The zero-order valence-corrected chi connectivity index (χ0v) is 60.9. The Kier molecular flexibility index (Phi) is 18.7. The minimum Gasteiger partial charge on any atom is -0.495 e. The quantitative estimate of drug-likeness (QED) is 0.0522. The van der Waals surface area contributed by atoms with Gasteiger partial charge in [0.2, 0.25) is 0 Å². The van der Waals surface area contributed by atoms with Crippen molar-refractivity contribution in [3.8, 4) is 84.8 Å². The summed E-state index contributed by atoms with van der Waals surface area (Å²) in [7, 11) is 1.67. The Hall–Kier alpha value is -10.1. The number of thiophene rings is 5. The first-order chi connectivity index (χ1) is 50.4. The van der Waals surface area contributed by atoms with E-state index in [2.05, 4.69) is 150 Å². The first-order valence-corrected chi connectivity index (χ1v) is 37.7. The molecule has 0 atom stereocenters. The van der Waals surface area contributed by atoms with Gasteiger partial charge in [0.15, 0.2) is 29.0 Å². The predicted molar refractivity (Wildman–Crippen MR) is 406 cm³/mol. The number of aromatic nitrogens is 10. The minimum atomic E-state index is -4.74. The molecule has 5 aromatic carbocycles. The highest BCUT2D eigenvalue weighted by atomic mass is 79.9. The summed E-state index contributed by atoms with van der Waals surface area (Å²) in [4.78, 5) is 6.72. The number of nitrogens with zero attached hydrogens (tertiary/aromatic N) is 5. The van der Waals surface area contributed by atoms with Crippen LogP contribution in [-0.2, 0) is 32.1 Å². The lowest BCUT2D eigenvalue weighted by atomic mass is 10.1. The average Bonchev–Trinajstić information content (AvgIpc) is 1.64. The predicted octanol–water partition coefficient (Wildman–Crippen LogP) is 22.7. The molecule has 0 saturated carbocycles. The maximum absolute atomic E-state index is 12.5. The lowest BCUT2D eigenvalue weighted by Crippen LogP contribution is -2.17. The molecule has 17 nitrogen and oxygen atoms in total. The summed E-state index contributed by atoms with van der Waals surface area (Å²) in [6, 6.07) is 43.5. The van der Waals surface area contributed by atoms with Gasteiger partial charge in [0.1, 0.15) is 11.5 Å². The lowest BCUT2D eigenvalue weighted by Gasteiger charge is -2.13. The van der Waals surface area contributed by atoms with Crippen LogP contribution in [0.3, 0.4) is 0 Å². The highest BCUT2D eigenvalue weighted by molar-refractivity contribution is 9.10. The molecule has 524 valence electrons. The summed E-state index contributed by atoms with van der Waals surface area (Å²) in [5.41, 5.74) is 22.1. The number of benzene rings is 5. The van der Waals surface area contributed by atoms with Gasteiger partial charge < -0.3 is 35.5 Å². The maximum Gasteiger partial charge on any atom is 0.573 e. The molecule has 10 heterocycles. The number of aromatic amines is 5. The number of ether oxygens (including phenoxy) is 3. The van der Waals surface area contributed by atoms with Crippen LogP contribution >= 0.6 is 95.8 Å². The van der Waals surface area contributed by atoms with Gasteiger partial charge in [0.25, 0.3) is 0 Å². The molecule has 0 radical (unpaired) electrons. The monoisotopic (exact) mass is 1590 g/mol. The molecule has 0 spiro atoms. The highest BCUT2D eigenvalue weighted by Crippen LogP contribution is 2.48. The van der Waals surface area contributed by atoms with E-state index >= 15 is 0 Å². The van der Waals surface area contributed by atoms with Crippen LogP contribution in [0, 0.1) is 0 Å². The van der Waals surface area contributed by atoms with Crippen LogP contribution in [0.15, 0.2) is 177 Å². The van der Waals surface area contributed by atoms with E-state index in [1.165, 1.54) is 111 Å². The molecule has 15 aromatic rings. The van der Waals surface area contributed by atoms with Gasteiger partial charge in [0, 0.05) is 144 Å². The number of anilines is 8. The Balaban J connectivity index is 0.000000100. The van der Waals surface area contributed by atoms with Gasteiger partial charge in [-0.1, -0.05) is 75.5 Å². The van der Waals surface area contributed by atoms with E-state index in [1.54, 1.807) is 64.6 Å². The summed E-state index contributed by atoms with van der Waals surface area (Å²) in [6.07, 6.45) is -5.06. The van der Waals surface area contributed by atoms with Crippen molar-refractivity contribution in [1.29, 1.82) is 0 Å². The molecule has 20 rings (SSSR count). The SMILES string of the molecule is Brc1cccc(-c2n[nH]c3c2Cc2sccc2-3)c1.COc1ccccc1Nc1n[nH]c2c1Cc1sccc1-2.Clc1cc(Cl)cc(Nc2n[nH]c3c2Cc2sccc2-3)c1.FC(F)(F)Oc1ccc(Nc2n[nH]c3c2Cc2sccc2-3)cc1.FC(F)(F)Oc1ccccc1Nc1n[nH]c2c1Cc1sccc1-2. The van der Waals surface area contributed by atoms with Gasteiger partial charge in [0.05, 0.1) is 52.6 Å². The number of para-hydroxylation sites is 4. The number of H-pyrrole nitrogens is 5. The van der Waals surface area contributed by atoms with Gasteiger partial charge in [-0.15, -0.1) is 83.0 Å². The number of methoxy groups -OCH3 is 1. The Morgan fingerprint density at radius 2 is 0.788 bits per heavy atom. The smallest absolute Gasteiger partial charge is 0.495 e. The van der Waals surface area contributed by atoms with Crippen LogP contribution in [0.4, 0.5) is 72.4 Å². The third-order valence-corrected chi connectivity index (χ3v) is 22.9. The van der Waals surface area contributed by atoms with Crippen molar-refractivity contribution in [3.05, 3.63) is 239 Å². The molecule has 10 aromatic heterocycles. The first-order valence-electron chi connectivity index (χ1n) is 31.7. The van der Waals surface area contributed by atoms with Gasteiger partial charge in [-0.25, -0.2) is 0 Å². The van der Waals surface area contributed by atoms with Crippen LogP contribution < -0.4 is 35.5 Å². The van der Waals surface area contributed by atoms with E-state index in [0.717, 1.165) is 110 Å². The largest absolute Gasteiger partial charge is 0.573 e. The Labute approximate surface area is 625 Å². The fraction of sp³-hybridized carbons (Fsp3) is 0.110. The number of hydrogen-bond acceptors (Lipinski definition) is 17. The second kappa shape index (κ2) is 28.5. The molecular formula is C73H51BrCl2F6N14O3S5. The fourth-order valence-electron chi connectivity index (χ4n) is 12.8.